The first kappa shape index (κ1) is 25.6. The van der Waals surface area contributed by atoms with E-state index in [2.05, 4.69) is 26.1 Å². The number of anilines is 1. The Hall–Kier alpha value is -3.64. The lowest BCUT2D eigenvalue weighted by Crippen LogP contribution is -2.62. The molecule has 4 aliphatic heterocycles. The van der Waals surface area contributed by atoms with E-state index in [0.717, 1.165) is 43.6 Å². The topological polar surface area (TPSA) is 129 Å². The highest BCUT2D eigenvalue weighted by Gasteiger charge is 2.52. The van der Waals surface area contributed by atoms with E-state index in [1.54, 1.807) is 30.2 Å². The van der Waals surface area contributed by atoms with Gasteiger partial charge >= 0.3 is 6.03 Å². The van der Waals surface area contributed by atoms with E-state index in [0.29, 0.717) is 28.8 Å². The Bertz CT molecular complexity index is 1340. The first-order valence-corrected chi connectivity index (χ1v) is 14.1. The van der Waals surface area contributed by atoms with E-state index in [1.165, 1.54) is 11.8 Å². The number of amides is 4. The molecule has 39 heavy (non-hydrogen) atoms. The molecule has 4 aliphatic rings. The molecule has 1 aromatic carbocycles. The van der Waals surface area contributed by atoms with Gasteiger partial charge in [-0.15, -0.1) is 5.10 Å². The van der Waals surface area contributed by atoms with Gasteiger partial charge in [0.05, 0.1) is 16.3 Å². The second kappa shape index (κ2) is 10.5. The monoisotopic (exact) mass is 549 g/mol. The van der Waals surface area contributed by atoms with Crippen molar-refractivity contribution in [2.24, 2.45) is 5.92 Å². The van der Waals surface area contributed by atoms with E-state index in [1.807, 2.05) is 30.0 Å². The first-order chi connectivity index (χ1) is 18.9. The van der Waals surface area contributed by atoms with Gasteiger partial charge in [0, 0.05) is 55.6 Å². The van der Waals surface area contributed by atoms with Crippen LogP contribution in [0.25, 0.3) is 0 Å². The van der Waals surface area contributed by atoms with Crippen LogP contribution < -0.4 is 25.6 Å². The summed E-state index contributed by atoms with van der Waals surface area (Å²) in [5, 5.41) is 17.5. The minimum Gasteiger partial charge on any atom is -0.438 e. The minimum atomic E-state index is -0.245. The van der Waals surface area contributed by atoms with Gasteiger partial charge in [0.15, 0.2) is 0 Å². The van der Waals surface area contributed by atoms with Gasteiger partial charge in [0.1, 0.15) is 5.75 Å². The van der Waals surface area contributed by atoms with Gasteiger partial charge < -0.3 is 25.6 Å². The van der Waals surface area contributed by atoms with E-state index < -0.39 is 0 Å². The van der Waals surface area contributed by atoms with E-state index in [4.69, 9.17) is 4.74 Å². The summed E-state index contributed by atoms with van der Waals surface area (Å²) in [6.07, 6.45) is 4.03. The molecule has 11 nitrogen and oxygen atoms in total. The van der Waals surface area contributed by atoms with Crippen molar-refractivity contribution in [1.29, 1.82) is 0 Å². The number of thioether (sulfide) groups is 1. The van der Waals surface area contributed by atoms with Crippen molar-refractivity contribution < 1.29 is 19.1 Å². The Labute approximate surface area is 230 Å². The lowest BCUT2D eigenvalue weighted by atomic mass is 9.86. The van der Waals surface area contributed by atoms with Gasteiger partial charge in [0.2, 0.25) is 11.8 Å². The average molecular weight is 550 g/mol. The number of ether oxygens (including phenoxy) is 1. The fraction of sp³-hybridized carbons (Fsp3) is 0.444. The third-order valence-electron chi connectivity index (χ3n) is 7.75. The Morgan fingerprint density at radius 2 is 2.10 bits per heavy atom. The molecular weight excluding hydrogens is 518 g/mol. The van der Waals surface area contributed by atoms with E-state index in [-0.39, 0.29) is 41.2 Å². The molecule has 12 heteroatoms. The quantitative estimate of drug-likeness (QED) is 0.519. The van der Waals surface area contributed by atoms with Crippen molar-refractivity contribution in [3.05, 3.63) is 52.7 Å². The zero-order valence-corrected chi connectivity index (χ0v) is 22.7. The van der Waals surface area contributed by atoms with Gasteiger partial charge in [-0.1, -0.05) is 11.8 Å². The zero-order valence-electron chi connectivity index (χ0n) is 21.8. The molecule has 3 saturated heterocycles. The highest BCUT2D eigenvalue weighted by atomic mass is 32.2. The van der Waals surface area contributed by atoms with E-state index >= 15 is 0 Å². The number of aromatic nitrogens is 2. The van der Waals surface area contributed by atoms with E-state index in [9.17, 15) is 14.4 Å². The smallest absolute Gasteiger partial charge is 0.326 e. The molecule has 3 unspecified atom stereocenters. The van der Waals surface area contributed by atoms with Gasteiger partial charge in [-0.3, -0.25) is 14.5 Å². The highest BCUT2D eigenvalue weighted by Crippen LogP contribution is 2.48. The summed E-state index contributed by atoms with van der Waals surface area (Å²) >= 11 is 1.48. The van der Waals surface area contributed by atoms with Crippen LogP contribution in [0.3, 0.4) is 0 Å². The molecule has 3 N–H and O–H groups in total. The molecule has 3 fully saturated rings. The molecule has 0 spiro atoms. The third kappa shape index (κ3) is 4.94. The number of urea groups is 1. The number of carbonyl (C=O) groups excluding carboxylic acids is 3. The maximum absolute atomic E-state index is 13.6. The number of carbonyl (C=O) groups is 3. The van der Waals surface area contributed by atoms with Crippen molar-refractivity contribution in [1.82, 2.24) is 31.0 Å². The van der Waals surface area contributed by atoms with Gasteiger partial charge in [-0.05, 0) is 62.6 Å². The van der Waals surface area contributed by atoms with Crippen LogP contribution in [0.2, 0.25) is 0 Å². The number of nitrogens with zero attached hydrogens (tertiary/aromatic N) is 4. The standard InChI is InChI=1S/C27H31N7O4S/c1-15-13-18(38-21-6-3-10-29-32-21)7-8-19(15)34-20-9-11-28-26-22(20)23(31-27(34)37)24(39-26)25(36)30-17-5-4-12-33(14-17)16(2)35/h3,6-8,10,13,17,20,22,26,28H,4-5,9,11-12,14H2,1-2H3,(H,30,36)(H,31,37)/t17-,20?,22?,26?/m1/s1. The number of piperidine rings is 2. The number of hydrogen-bond donors (Lipinski definition) is 3. The van der Waals surface area contributed by atoms with Gasteiger partial charge in [-0.2, -0.15) is 5.10 Å². The van der Waals surface area contributed by atoms with Crippen LogP contribution in [-0.4, -0.2) is 70.0 Å². The number of rotatable bonds is 5. The molecule has 6 rings (SSSR count). The van der Waals surface area contributed by atoms with Crippen molar-refractivity contribution in [2.75, 3.05) is 24.5 Å². The van der Waals surface area contributed by atoms with Crippen molar-refractivity contribution in [3.63, 3.8) is 0 Å². The van der Waals surface area contributed by atoms with Crippen LogP contribution in [0, 0.1) is 12.8 Å². The van der Waals surface area contributed by atoms with Crippen LogP contribution in [-0.2, 0) is 9.59 Å². The highest BCUT2D eigenvalue weighted by molar-refractivity contribution is 8.04. The van der Waals surface area contributed by atoms with Crippen molar-refractivity contribution >= 4 is 35.3 Å². The number of aryl methyl sites for hydroxylation is 1. The summed E-state index contributed by atoms with van der Waals surface area (Å²) in [4.78, 5) is 43.0. The van der Waals surface area contributed by atoms with Crippen LogP contribution in [0.1, 0.15) is 31.7 Å². The predicted octanol–water partition coefficient (Wildman–Crippen LogP) is 2.50. The molecule has 4 amide bonds. The largest absolute Gasteiger partial charge is 0.438 e. The van der Waals surface area contributed by atoms with Gasteiger partial charge in [-0.25, -0.2) is 4.79 Å². The second-order valence-electron chi connectivity index (χ2n) is 10.3. The Morgan fingerprint density at radius 1 is 1.23 bits per heavy atom. The molecular formula is C27H31N7O4S. The molecule has 204 valence electrons. The lowest BCUT2D eigenvalue weighted by molar-refractivity contribution is -0.131. The predicted molar refractivity (Wildman–Crippen MR) is 146 cm³/mol. The fourth-order valence-electron chi connectivity index (χ4n) is 5.96. The fourth-order valence-corrected chi connectivity index (χ4v) is 7.36. The van der Waals surface area contributed by atoms with Crippen LogP contribution in [0.15, 0.2) is 47.1 Å². The summed E-state index contributed by atoms with van der Waals surface area (Å²) in [5.74, 6) is 0.798. The number of benzene rings is 1. The summed E-state index contributed by atoms with van der Waals surface area (Å²) in [6.45, 7) is 5.49. The maximum Gasteiger partial charge on any atom is 0.326 e. The Kier molecular flexibility index (Phi) is 6.90. The molecule has 5 heterocycles. The molecule has 0 saturated carbocycles. The van der Waals surface area contributed by atoms with Gasteiger partial charge in [0.25, 0.3) is 5.91 Å². The number of nitrogens with one attached hydrogen (secondary N) is 3. The Morgan fingerprint density at radius 3 is 2.87 bits per heavy atom. The molecule has 4 atom stereocenters. The molecule has 2 aromatic rings. The second-order valence-corrected chi connectivity index (χ2v) is 11.5. The Balaban J connectivity index is 1.23. The first-order valence-electron chi connectivity index (χ1n) is 13.3. The van der Waals surface area contributed by atoms with Crippen LogP contribution in [0.4, 0.5) is 10.5 Å². The molecule has 0 radical (unpaired) electrons. The molecule has 1 aromatic heterocycles. The zero-order chi connectivity index (χ0) is 27.1. The molecule has 0 aliphatic carbocycles. The summed E-state index contributed by atoms with van der Waals surface area (Å²) in [7, 11) is 0. The average Bonchev–Trinajstić information content (AvgIpc) is 3.30. The minimum absolute atomic E-state index is 0.0118. The summed E-state index contributed by atoms with van der Waals surface area (Å²) < 4.78 is 5.82. The maximum atomic E-state index is 13.6. The normalized spacial score (nSPS) is 26.2. The summed E-state index contributed by atoms with van der Waals surface area (Å²) in [5.41, 5.74) is 2.39. The third-order valence-corrected chi connectivity index (χ3v) is 9.10. The SMILES string of the molecule is CC(=O)N1CCC[C@@H](NC(=O)C2=C3NC(=O)N(c4ccc(Oc5cccnn5)cc4C)C4CCNC(S2)C34)C1. The number of likely N-dealkylation sites (tertiary alicyclic amines) is 1. The summed E-state index contributed by atoms with van der Waals surface area (Å²) in [6, 6.07) is 8.66. The van der Waals surface area contributed by atoms with Crippen molar-refractivity contribution in [3.8, 4) is 11.6 Å². The van der Waals surface area contributed by atoms with Crippen molar-refractivity contribution in [2.45, 2.75) is 50.6 Å². The lowest BCUT2D eigenvalue weighted by Gasteiger charge is -2.46. The molecule has 0 bridgehead atoms. The van der Waals surface area contributed by atoms with Crippen LogP contribution >= 0.6 is 11.8 Å². The number of hydrogen-bond acceptors (Lipinski definition) is 8. The van der Waals surface area contributed by atoms with Crippen LogP contribution in [0.5, 0.6) is 11.6 Å².